The van der Waals surface area contributed by atoms with E-state index in [0.29, 0.717) is 0 Å². The third-order valence-electron chi connectivity index (χ3n) is 1.58. The van der Waals surface area contributed by atoms with Crippen molar-refractivity contribution < 1.29 is 32.0 Å². The van der Waals surface area contributed by atoms with Crippen LogP contribution in [-0.4, -0.2) is 18.9 Å². The van der Waals surface area contributed by atoms with Crippen molar-refractivity contribution >= 4 is 22.5 Å². The Morgan fingerprint density at radius 3 is 2.19 bits per heavy atom. The van der Waals surface area contributed by atoms with Gasteiger partial charge in [-0.3, -0.25) is 23.0 Å². The second-order valence-corrected chi connectivity index (χ2v) is 6.40. The highest BCUT2D eigenvalue weighted by Crippen LogP contribution is 2.47. The molecule has 2 unspecified atom stereocenters. The number of esters is 1. The summed E-state index contributed by atoms with van der Waals surface area (Å²) >= 11 is 0. The first-order valence-electron chi connectivity index (χ1n) is 4.55. The van der Waals surface area contributed by atoms with Gasteiger partial charge in [0.2, 0.25) is 6.29 Å². The highest BCUT2D eigenvalue weighted by Gasteiger charge is 2.29. The molecule has 0 saturated carbocycles. The molecule has 0 spiro atoms. The Kier molecular flexibility index (Phi) is 4.71. The van der Waals surface area contributed by atoms with Crippen molar-refractivity contribution in [2.75, 3.05) is 6.61 Å². The van der Waals surface area contributed by atoms with Crippen LogP contribution in [0.3, 0.4) is 0 Å². The van der Waals surface area contributed by atoms with Gasteiger partial charge in [-0.15, -0.1) is 0 Å². The highest BCUT2D eigenvalue weighted by atomic mass is 31.2. The summed E-state index contributed by atoms with van der Waals surface area (Å²) in [5.41, 5.74) is -0.651. The topological polar surface area (TPSA) is 88.1 Å². The lowest BCUT2D eigenvalue weighted by Gasteiger charge is -2.23. The molecular formula is C7H14O7P2. The van der Waals surface area contributed by atoms with E-state index in [0.717, 1.165) is 0 Å². The molecule has 2 atom stereocenters. The third kappa shape index (κ3) is 4.36. The van der Waals surface area contributed by atoms with E-state index in [9.17, 15) is 13.9 Å². The molecule has 7 nitrogen and oxygen atoms in total. The van der Waals surface area contributed by atoms with Crippen LogP contribution in [0, 0.1) is 5.41 Å². The minimum absolute atomic E-state index is 0.258. The molecule has 1 aliphatic rings. The Morgan fingerprint density at radius 2 is 1.75 bits per heavy atom. The number of rotatable bonds is 2. The summed E-state index contributed by atoms with van der Waals surface area (Å²) in [5.74, 6) is -0.453. The van der Waals surface area contributed by atoms with Crippen molar-refractivity contribution in [3.63, 3.8) is 0 Å². The molecule has 0 bridgehead atoms. The summed E-state index contributed by atoms with van der Waals surface area (Å²) < 4.78 is 40.2. The summed E-state index contributed by atoms with van der Waals surface area (Å²) in [4.78, 5) is 11.4. The lowest BCUT2D eigenvalue weighted by Crippen LogP contribution is -2.29. The summed E-state index contributed by atoms with van der Waals surface area (Å²) in [7, 11) is -5.61. The number of hydrogen-bond acceptors (Lipinski definition) is 7. The van der Waals surface area contributed by atoms with Gasteiger partial charge in [-0.1, -0.05) is 0 Å². The van der Waals surface area contributed by atoms with Gasteiger partial charge in [0.1, 0.15) is 6.61 Å². The predicted molar refractivity (Wildman–Crippen MR) is 55.5 cm³/mol. The zero-order valence-electron chi connectivity index (χ0n) is 9.14. The van der Waals surface area contributed by atoms with Crippen LogP contribution in [-0.2, 0) is 32.0 Å². The first-order chi connectivity index (χ1) is 7.29. The minimum atomic E-state index is -2.81. The van der Waals surface area contributed by atoms with E-state index in [1.807, 2.05) is 0 Å². The summed E-state index contributed by atoms with van der Waals surface area (Å²) in [6.07, 6.45) is -1.09. The van der Waals surface area contributed by atoms with E-state index in [1.165, 1.54) is 0 Å². The molecule has 0 N–H and O–H groups in total. The minimum Gasteiger partial charge on any atom is -0.460 e. The van der Waals surface area contributed by atoms with Gasteiger partial charge in [-0.25, -0.2) is 4.31 Å². The molecule has 1 rings (SSSR count). The van der Waals surface area contributed by atoms with Crippen LogP contribution in [0.5, 0.6) is 0 Å². The van der Waals surface area contributed by atoms with Gasteiger partial charge >= 0.3 is 22.5 Å². The van der Waals surface area contributed by atoms with Crippen molar-refractivity contribution in [1.82, 2.24) is 0 Å². The fraction of sp³-hybridized carbons (Fsp3) is 0.857. The van der Waals surface area contributed by atoms with Crippen molar-refractivity contribution in [2.24, 2.45) is 5.41 Å². The molecule has 1 heterocycles. The maximum absolute atomic E-state index is 11.4. The fourth-order valence-corrected chi connectivity index (χ4v) is 2.47. The predicted octanol–water partition coefficient (Wildman–Crippen LogP) is 1.74. The van der Waals surface area contributed by atoms with Crippen LogP contribution >= 0.6 is 16.5 Å². The van der Waals surface area contributed by atoms with Crippen LogP contribution in [0.2, 0.25) is 0 Å². The van der Waals surface area contributed by atoms with E-state index in [2.05, 4.69) is 13.4 Å². The normalized spacial score (nSPS) is 31.1. The summed E-state index contributed by atoms with van der Waals surface area (Å²) in [6, 6.07) is 0. The van der Waals surface area contributed by atoms with Gasteiger partial charge in [-0.05, 0) is 20.8 Å². The molecule has 0 radical (unpaired) electrons. The average Bonchev–Trinajstić information content (AvgIpc) is 2.11. The van der Waals surface area contributed by atoms with Gasteiger partial charge < -0.3 is 4.74 Å². The highest BCUT2D eigenvalue weighted by molar-refractivity contribution is 7.48. The monoisotopic (exact) mass is 272 g/mol. The molecule has 1 saturated heterocycles. The maximum atomic E-state index is 11.4. The molecule has 1 fully saturated rings. The molecule has 1 aliphatic heterocycles. The second-order valence-electron chi connectivity index (χ2n) is 4.12. The third-order valence-corrected chi connectivity index (χ3v) is 3.83. The lowest BCUT2D eigenvalue weighted by atomic mass is 9.97. The van der Waals surface area contributed by atoms with Crippen LogP contribution < -0.4 is 0 Å². The quantitative estimate of drug-likeness (QED) is 0.558. The van der Waals surface area contributed by atoms with E-state index in [1.54, 1.807) is 20.8 Å². The van der Waals surface area contributed by atoms with E-state index < -0.39 is 34.2 Å². The molecular weight excluding hydrogens is 258 g/mol. The number of hydrogen-bond donors (Lipinski definition) is 0. The van der Waals surface area contributed by atoms with Gasteiger partial charge in [-0.2, -0.15) is 0 Å². The molecule has 0 aromatic carbocycles. The smallest absolute Gasteiger partial charge is 0.328 e. The van der Waals surface area contributed by atoms with Crippen LogP contribution in [0.25, 0.3) is 0 Å². The maximum Gasteiger partial charge on any atom is 0.328 e. The first kappa shape index (κ1) is 13.9. The number of ether oxygens (including phenoxy) is 1. The largest absolute Gasteiger partial charge is 0.460 e. The van der Waals surface area contributed by atoms with Crippen molar-refractivity contribution in [3.05, 3.63) is 0 Å². The van der Waals surface area contributed by atoms with Crippen LogP contribution in [0.15, 0.2) is 0 Å². The molecule has 94 valence electrons. The zero-order chi connectivity index (χ0) is 12.3. The zero-order valence-corrected chi connectivity index (χ0v) is 11.1. The summed E-state index contributed by atoms with van der Waals surface area (Å²) in [5, 5.41) is 0. The second kappa shape index (κ2) is 5.43. The number of carbonyl (C=O) groups is 1. The van der Waals surface area contributed by atoms with Crippen LogP contribution in [0.4, 0.5) is 0 Å². The summed E-state index contributed by atoms with van der Waals surface area (Å²) in [6.45, 7) is 4.80. The molecule has 0 amide bonds. The van der Waals surface area contributed by atoms with E-state index >= 15 is 0 Å². The van der Waals surface area contributed by atoms with E-state index in [4.69, 9.17) is 4.74 Å². The molecule has 0 aromatic heterocycles. The first-order valence-corrected chi connectivity index (χ1v) is 7.00. The van der Waals surface area contributed by atoms with Gasteiger partial charge in [0.15, 0.2) is 0 Å². The Labute approximate surface area is 94.3 Å². The fourth-order valence-electron chi connectivity index (χ4n) is 0.783. The Hall–Kier alpha value is -0.190. The molecule has 9 heteroatoms. The van der Waals surface area contributed by atoms with Crippen molar-refractivity contribution in [1.29, 1.82) is 0 Å². The SMILES string of the molecule is CC(C)(C)C(=O)OCC1O[PH](=O)O[PH](=O)O1. The van der Waals surface area contributed by atoms with Crippen molar-refractivity contribution in [2.45, 2.75) is 27.1 Å². The van der Waals surface area contributed by atoms with Crippen LogP contribution in [0.1, 0.15) is 20.8 Å². The number of carbonyl (C=O) groups excluding carboxylic acids is 1. The molecule has 16 heavy (non-hydrogen) atoms. The Balaban J connectivity index is 2.41. The molecule has 0 aliphatic carbocycles. The lowest BCUT2D eigenvalue weighted by molar-refractivity contribution is -0.161. The van der Waals surface area contributed by atoms with Gasteiger partial charge in [0.05, 0.1) is 5.41 Å². The average molecular weight is 272 g/mol. The Bertz CT molecular complexity index is 305. The van der Waals surface area contributed by atoms with Gasteiger partial charge in [0.25, 0.3) is 0 Å². The van der Waals surface area contributed by atoms with Gasteiger partial charge in [0, 0.05) is 0 Å². The van der Waals surface area contributed by atoms with E-state index in [-0.39, 0.29) is 6.61 Å². The molecule has 0 aromatic rings. The van der Waals surface area contributed by atoms with Crippen molar-refractivity contribution in [3.8, 4) is 0 Å². The standard InChI is InChI=1S/C7H14O7P2/c1-7(2,3)6(8)11-4-5-12-15(9)14-16(10)13-5/h5,15-16H,4H2,1-3H3. The Morgan fingerprint density at radius 1 is 1.25 bits per heavy atom.